The fourth-order valence-corrected chi connectivity index (χ4v) is 1.18. The van der Waals surface area contributed by atoms with E-state index in [-0.39, 0.29) is 22.6 Å². The minimum absolute atomic E-state index is 0. The Balaban J connectivity index is 0. The van der Waals surface area contributed by atoms with Crippen LogP contribution in [0.25, 0.3) is 0 Å². The average molecular weight is 265 g/mol. The van der Waals surface area contributed by atoms with Crippen LogP contribution < -0.4 is 0 Å². The molecule has 0 fully saturated rings. The molecule has 0 amide bonds. The Hall–Kier alpha value is -0.781. The second kappa shape index (κ2) is 12.3. The van der Waals surface area contributed by atoms with Gasteiger partial charge in [-0.1, -0.05) is 45.6 Å². The molecule has 92 valence electrons. The summed E-state index contributed by atoms with van der Waals surface area (Å²) in [6.07, 6.45) is 6.88. The molecule has 4 heteroatoms. The van der Waals surface area contributed by atoms with Gasteiger partial charge in [0.1, 0.15) is 11.6 Å². The van der Waals surface area contributed by atoms with Crippen molar-refractivity contribution in [2.24, 2.45) is 0 Å². The molecule has 0 unspecified atom stereocenters. The van der Waals surface area contributed by atoms with Crippen molar-refractivity contribution >= 4 is 5.97 Å². The molecule has 0 rings (SSSR count). The van der Waals surface area contributed by atoms with Crippen molar-refractivity contribution in [1.82, 2.24) is 0 Å². The Morgan fingerprint density at radius 3 is 2.38 bits per heavy atom. The fraction of sp³-hybridized carbons (Fsp3) is 0.667. The molecule has 3 nitrogen and oxygen atoms in total. The molecule has 0 N–H and O–H groups in total. The van der Waals surface area contributed by atoms with Gasteiger partial charge in [-0.05, 0) is 6.42 Å². The third-order valence-electron chi connectivity index (χ3n) is 2.11. The summed E-state index contributed by atoms with van der Waals surface area (Å²) in [5, 5.41) is 8.35. The van der Waals surface area contributed by atoms with Crippen molar-refractivity contribution in [3.05, 3.63) is 12.2 Å². The molecule has 16 heavy (non-hydrogen) atoms. The van der Waals surface area contributed by atoms with Gasteiger partial charge in [-0.2, -0.15) is 5.26 Å². The first-order chi connectivity index (χ1) is 7.22. The average Bonchev–Trinajstić information content (AvgIpc) is 2.26. The summed E-state index contributed by atoms with van der Waals surface area (Å²) in [5.41, 5.74) is -0.124. The van der Waals surface area contributed by atoms with Crippen molar-refractivity contribution in [3.63, 3.8) is 0 Å². The van der Waals surface area contributed by atoms with E-state index in [1.165, 1.54) is 25.7 Å². The maximum atomic E-state index is 11.0. The molecule has 0 aromatic rings. The summed E-state index contributed by atoms with van der Waals surface area (Å²) >= 11 is 0. The van der Waals surface area contributed by atoms with Crippen molar-refractivity contribution in [2.75, 3.05) is 6.61 Å². The molecular formula is C12H19FeNO2. The Bertz CT molecular complexity index is 246. The zero-order valence-corrected chi connectivity index (χ0v) is 10.9. The molecular weight excluding hydrogens is 246 g/mol. The maximum Gasteiger partial charge on any atom is 0.348 e. The van der Waals surface area contributed by atoms with E-state index < -0.39 is 5.97 Å². The van der Waals surface area contributed by atoms with Gasteiger partial charge in [0.05, 0.1) is 6.61 Å². The van der Waals surface area contributed by atoms with Gasteiger partial charge in [0.25, 0.3) is 0 Å². The monoisotopic (exact) mass is 265 g/mol. The second-order valence-electron chi connectivity index (χ2n) is 3.49. The van der Waals surface area contributed by atoms with Crippen molar-refractivity contribution in [1.29, 1.82) is 5.26 Å². The zero-order valence-electron chi connectivity index (χ0n) is 9.77. The fourth-order valence-electron chi connectivity index (χ4n) is 1.18. The molecule has 0 bridgehead atoms. The van der Waals surface area contributed by atoms with Crippen LogP contribution in [0.15, 0.2) is 12.2 Å². The normalized spacial score (nSPS) is 8.75. The van der Waals surface area contributed by atoms with E-state index in [2.05, 4.69) is 13.5 Å². The number of hydrogen-bond donors (Lipinski definition) is 0. The van der Waals surface area contributed by atoms with E-state index in [0.29, 0.717) is 6.61 Å². The SMILES string of the molecule is C=C(C#N)C(=O)OCCCCCCCC.[Fe]. The number of ether oxygens (including phenoxy) is 1. The molecule has 0 atom stereocenters. The first-order valence-electron chi connectivity index (χ1n) is 5.48. The summed E-state index contributed by atoms with van der Waals surface area (Å²) in [4.78, 5) is 11.0. The summed E-state index contributed by atoms with van der Waals surface area (Å²) in [6.45, 7) is 5.85. The summed E-state index contributed by atoms with van der Waals surface area (Å²) in [5.74, 6) is -0.592. The van der Waals surface area contributed by atoms with Crippen LogP contribution in [0.2, 0.25) is 0 Å². The number of nitrogens with zero attached hydrogens (tertiary/aromatic N) is 1. The smallest absolute Gasteiger partial charge is 0.348 e. The number of nitriles is 1. The maximum absolute atomic E-state index is 11.0. The largest absolute Gasteiger partial charge is 0.462 e. The summed E-state index contributed by atoms with van der Waals surface area (Å²) in [6, 6.07) is 1.66. The minimum Gasteiger partial charge on any atom is -0.462 e. The van der Waals surface area contributed by atoms with Gasteiger partial charge in [-0.3, -0.25) is 0 Å². The third kappa shape index (κ3) is 9.76. The predicted molar refractivity (Wildman–Crippen MR) is 59.1 cm³/mol. The number of hydrogen-bond acceptors (Lipinski definition) is 3. The number of carbonyl (C=O) groups excluding carboxylic acids is 1. The standard InChI is InChI=1S/C12H19NO2.Fe/c1-3-4-5-6-7-8-9-15-12(14)11(2)10-13;/h2-9H2,1H3;. The molecule has 0 saturated heterocycles. The first-order valence-corrected chi connectivity index (χ1v) is 5.48. The zero-order chi connectivity index (χ0) is 11.5. The third-order valence-corrected chi connectivity index (χ3v) is 2.11. The Labute approximate surface area is 108 Å². The minimum atomic E-state index is -0.592. The Morgan fingerprint density at radius 2 is 1.81 bits per heavy atom. The van der Waals surface area contributed by atoms with Crippen LogP contribution in [0.5, 0.6) is 0 Å². The van der Waals surface area contributed by atoms with Gasteiger partial charge in [0.2, 0.25) is 0 Å². The Kier molecular flexibility index (Phi) is 13.5. The van der Waals surface area contributed by atoms with Crippen molar-refractivity contribution < 1.29 is 26.6 Å². The number of rotatable bonds is 8. The van der Waals surface area contributed by atoms with Gasteiger partial charge in [0.15, 0.2) is 0 Å². The molecule has 0 aliphatic rings. The molecule has 0 aromatic carbocycles. The molecule has 0 aromatic heterocycles. The molecule has 0 aliphatic carbocycles. The van der Waals surface area contributed by atoms with Gasteiger partial charge >= 0.3 is 5.97 Å². The topological polar surface area (TPSA) is 50.1 Å². The number of carbonyl (C=O) groups is 1. The van der Waals surface area contributed by atoms with Gasteiger partial charge in [0, 0.05) is 17.1 Å². The molecule has 0 saturated carbocycles. The quantitative estimate of drug-likeness (QED) is 0.223. The van der Waals surface area contributed by atoms with Crippen LogP contribution in [0.3, 0.4) is 0 Å². The van der Waals surface area contributed by atoms with Gasteiger partial charge < -0.3 is 4.74 Å². The van der Waals surface area contributed by atoms with Gasteiger partial charge in [-0.15, -0.1) is 0 Å². The number of esters is 1. The number of unbranched alkanes of at least 4 members (excludes halogenated alkanes) is 5. The van der Waals surface area contributed by atoms with Crippen LogP contribution in [0, 0.1) is 11.3 Å². The van der Waals surface area contributed by atoms with Crippen LogP contribution in [0.1, 0.15) is 45.4 Å². The van der Waals surface area contributed by atoms with E-state index in [1.807, 2.05) is 0 Å². The predicted octanol–water partition coefficient (Wildman–Crippen LogP) is 2.97. The van der Waals surface area contributed by atoms with Crippen LogP contribution in [0.4, 0.5) is 0 Å². The van der Waals surface area contributed by atoms with Crippen molar-refractivity contribution in [3.8, 4) is 6.07 Å². The van der Waals surface area contributed by atoms with E-state index in [1.54, 1.807) is 6.07 Å². The van der Waals surface area contributed by atoms with Crippen LogP contribution in [-0.2, 0) is 26.6 Å². The Morgan fingerprint density at radius 1 is 1.25 bits per heavy atom. The van der Waals surface area contributed by atoms with Crippen LogP contribution >= 0.6 is 0 Å². The first kappa shape index (κ1) is 17.6. The molecule has 0 aliphatic heterocycles. The molecule has 0 spiro atoms. The molecule has 0 radical (unpaired) electrons. The van der Waals surface area contributed by atoms with E-state index in [9.17, 15) is 4.79 Å². The van der Waals surface area contributed by atoms with E-state index in [4.69, 9.17) is 10.00 Å². The second-order valence-corrected chi connectivity index (χ2v) is 3.49. The van der Waals surface area contributed by atoms with Crippen LogP contribution in [-0.4, -0.2) is 12.6 Å². The van der Waals surface area contributed by atoms with E-state index >= 15 is 0 Å². The van der Waals surface area contributed by atoms with E-state index in [0.717, 1.165) is 12.8 Å². The van der Waals surface area contributed by atoms with Gasteiger partial charge in [-0.25, -0.2) is 4.79 Å². The summed E-state index contributed by atoms with van der Waals surface area (Å²) < 4.78 is 4.84. The van der Waals surface area contributed by atoms with Crippen molar-refractivity contribution in [2.45, 2.75) is 45.4 Å². The molecule has 0 heterocycles. The summed E-state index contributed by atoms with van der Waals surface area (Å²) in [7, 11) is 0.